The maximum atomic E-state index is 5.31. The summed E-state index contributed by atoms with van der Waals surface area (Å²) in [5.74, 6) is 1.26. The third-order valence-corrected chi connectivity index (χ3v) is 3.35. The zero-order valence-corrected chi connectivity index (χ0v) is 10.3. The Balaban J connectivity index is 1.93. The second-order valence-corrected chi connectivity index (χ2v) is 4.55. The minimum Gasteiger partial charge on any atom is -0.424 e. The maximum absolute atomic E-state index is 5.31. The molecule has 0 saturated carbocycles. The predicted octanol–water partition coefficient (Wildman–Crippen LogP) is 2.68. The van der Waals surface area contributed by atoms with Gasteiger partial charge < -0.3 is 9.73 Å². The van der Waals surface area contributed by atoms with Crippen LogP contribution in [0.15, 0.2) is 21.9 Å². The van der Waals surface area contributed by atoms with Gasteiger partial charge in [-0.1, -0.05) is 13.0 Å². The molecule has 0 aromatic carbocycles. The molecular formula is C11H15N3OS. The number of nitrogens with zero attached hydrogens (tertiary/aromatic N) is 2. The first-order valence-electron chi connectivity index (χ1n) is 5.35. The molecule has 1 N–H and O–H groups in total. The van der Waals surface area contributed by atoms with Crippen molar-refractivity contribution < 1.29 is 4.42 Å². The van der Waals surface area contributed by atoms with Crippen molar-refractivity contribution in [2.24, 2.45) is 0 Å². The molecule has 86 valence electrons. The van der Waals surface area contributed by atoms with E-state index in [-0.39, 0.29) is 0 Å². The molecule has 0 aliphatic heterocycles. The lowest BCUT2D eigenvalue weighted by Crippen LogP contribution is -2.19. The van der Waals surface area contributed by atoms with E-state index in [1.807, 2.05) is 0 Å². The van der Waals surface area contributed by atoms with Crippen LogP contribution in [0.1, 0.15) is 36.0 Å². The van der Waals surface area contributed by atoms with E-state index in [2.05, 4.69) is 40.0 Å². The van der Waals surface area contributed by atoms with E-state index in [0.717, 1.165) is 6.42 Å². The van der Waals surface area contributed by atoms with E-state index in [1.165, 1.54) is 4.88 Å². The molecule has 0 bridgehead atoms. The van der Waals surface area contributed by atoms with Crippen molar-refractivity contribution in [1.29, 1.82) is 0 Å². The predicted molar refractivity (Wildman–Crippen MR) is 63.2 cm³/mol. The van der Waals surface area contributed by atoms with Crippen molar-refractivity contribution in [1.82, 2.24) is 15.5 Å². The number of aryl methyl sites for hydroxylation is 1. The van der Waals surface area contributed by atoms with Crippen LogP contribution in [0.5, 0.6) is 0 Å². The molecule has 2 aromatic rings. The van der Waals surface area contributed by atoms with Crippen LogP contribution in [0.4, 0.5) is 0 Å². The molecule has 0 aliphatic carbocycles. The smallest absolute Gasteiger partial charge is 0.230 e. The van der Waals surface area contributed by atoms with Gasteiger partial charge >= 0.3 is 0 Å². The Morgan fingerprint density at radius 2 is 2.38 bits per heavy atom. The Hall–Kier alpha value is -1.20. The molecule has 0 aliphatic rings. The summed E-state index contributed by atoms with van der Waals surface area (Å²) in [5, 5.41) is 13.3. The molecule has 0 spiro atoms. The van der Waals surface area contributed by atoms with Gasteiger partial charge in [0.05, 0.1) is 6.54 Å². The van der Waals surface area contributed by atoms with Crippen LogP contribution >= 0.6 is 11.3 Å². The normalized spacial score (nSPS) is 12.9. The fraction of sp³-hybridized carbons (Fsp3) is 0.455. The van der Waals surface area contributed by atoms with Gasteiger partial charge in [0, 0.05) is 17.8 Å². The number of aromatic nitrogens is 2. The third-order valence-electron chi connectivity index (χ3n) is 2.36. The van der Waals surface area contributed by atoms with Crippen LogP contribution in [-0.4, -0.2) is 10.2 Å². The molecule has 0 amide bonds. The zero-order valence-electron chi connectivity index (χ0n) is 9.43. The van der Waals surface area contributed by atoms with Gasteiger partial charge in [-0.15, -0.1) is 21.5 Å². The molecule has 16 heavy (non-hydrogen) atoms. The Morgan fingerprint density at radius 1 is 1.50 bits per heavy atom. The summed E-state index contributed by atoms with van der Waals surface area (Å²) in [6.07, 6.45) is 1.05. The van der Waals surface area contributed by atoms with Crippen LogP contribution in [0, 0.1) is 6.92 Å². The SMILES string of the molecule is CC[C@@H](NCc1nnc(C)o1)c1cccs1. The third kappa shape index (κ3) is 2.68. The van der Waals surface area contributed by atoms with Gasteiger partial charge in [0.1, 0.15) is 0 Å². The lowest BCUT2D eigenvalue weighted by atomic mass is 10.2. The maximum Gasteiger partial charge on any atom is 0.230 e. The van der Waals surface area contributed by atoms with E-state index < -0.39 is 0 Å². The first-order chi connectivity index (χ1) is 7.79. The molecule has 2 rings (SSSR count). The van der Waals surface area contributed by atoms with Crippen molar-refractivity contribution in [2.75, 3.05) is 0 Å². The van der Waals surface area contributed by atoms with Crippen molar-refractivity contribution >= 4 is 11.3 Å². The molecule has 0 fully saturated rings. The van der Waals surface area contributed by atoms with Crippen LogP contribution in [-0.2, 0) is 6.54 Å². The molecule has 2 heterocycles. The molecular weight excluding hydrogens is 222 g/mol. The molecule has 1 atom stereocenters. The highest BCUT2D eigenvalue weighted by atomic mass is 32.1. The average Bonchev–Trinajstić information content (AvgIpc) is 2.91. The van der Waals surface area contributed by atoms with Gasteiger partial charge in [0.2, 0.25) is 11.8 Å². The van der Waals surface area contributed by atoms with Crippen molar-refractivity contribution in [3.63, 3.8) is 0 Å². The molecule has 0 unspecified atom stereocenters. The van der Waals surface area contributed by atoms with Gasteiger partial charge in [0.15, 0.2) is 0 Å². The second kappa shape index (κ2) is 5.23. The standard InChI is InChI=1S/C11H15N3OS/c1-3-9(10-5-4-6-16-10)12-7-11-14-13-8(2)15-11/h4-6,9,12H,3,7H2,1-2H3/t9-/m1/s1. The van der Waals surface area contributed by atoms with Crippen LogP contribution < -0.4 is 5.32 Å². The van der Waals surface area contributed by atoms with Crippen LogP contribution in [0.2, 0.25) is 0 Å². The summed E-state index contributed by atoms with van der Waals surface area (Å²) in [7, 11) is 0. The van der Waals surface area contributed by atoms with E-state index in [4.69, 9.17) is 4.42 Å². The lowest BCUT2D eigenvalue weighted by molar-refractivity contribution is 0.421. The van der Waals surface area contributed by atoms with Crippen molar-refractivity contribution in [3.8, 4) is 0 Å². The fourth-order valence-corrected chi connectivity index (χ4v) is 2.44. The highest BCUT2D eigenvalue weighted by Gasteiger charge is 2.11. The summed E-state index contributed by atoms with van der Waals surface area (Å²) in [6.45, 7) is 4.58. The van der Waals surface area contributed by atoms with Gasteiger partial charge in [0.25, 0.3) is 0 Å². The summed E-state index contributed by atoms with van der Waals surface area (Å²) in [5.41, 5.74) is 0. The lowest BCUT2D eigenvalue weighted by Gasteiger charge is -2.13. The van der Waals surface area contributed by atoms with E-state index >= 15 is 0 Å². The largest absolute Gasteiger partial charge is 0.424 e. The fourth-order valence-electron chi connectivity index (χ4n) is 1.56. The summed E-state index contributed by atoms with van der Waals surface area (Å²) in [4.78, 5) is 1.35. The van der Waals surface area contributed by atoms with Crippen molar-refractivity contribution in [2.45, 2.75) is 32.9 Å². The van der Waals surface area contributed by atoms with Gasteiger partial charge in [-0.2, -0.15) is 0 Å². The molecule has 0 saturated heterocycles. The van der Waals surface area contributed by atoms with Crippen LogP contribution in [0.25, 0.3) is 0 Å². The van der Waals surface area contributed by atoms with Gasteiger partial charge in [-0.3, -0.25) is 0 Å². The number of hydrogen-bond donors (Lipinski definition) is 1. The Kier molecular flexibility index (Phi) is 3.69. The van der Waals surface area contributed by atoms with Crippen molar-refractivity contribution in [3.05, 3.63) is 34.2 Å². The minimum atomic E-state index is 0.368. The number of thiophene rings is 1. The Labute approximate surface area is 98.7 Å². The van der Waals surface area contributed by atoms with E-state index in [9.17, 15) is 0 Å². The zero-order chi connectivity index (χ0) is 11.4. The van der Waals surface area contributed by atoms with Crippen LogP contribution in [0.3, 0.4) is 0 Å². The average molecular weight is 237 g/mol. The van der Waals surface area contributed by atoms with Gasteiger partial charge in [-0.05, 0) is 17.9 Å². The molecule has 4 nitrogen and oxygen atoms in total. The van der Waals surface area contributed by atoms with E-state index in [0.29, 0.717) is 24.4 Å². The second-order valence-electron chi connectivity index (χ2n) is 3.57. The molecule has 0 radical (unpaired) electrons. The summed E-state index contributed by atoms with van der Waals surface area (Å²) in [6, 6.07) is 4.58. The monoisotopic (exact) mass is 237 g/mol. The number of nitrogens with one attached hydrogen (secondary N) is 1. The Bertz CT molecular complexity index is 424. The van der Waals surface area contributed by atoms with Gasteiger partial charge in [-0.25, -0.2) is 0 Å². The molecule has 2 aromatic heterocycles. The van der Waals surface area contributed by atoms with E-state index in [1.54, 1.807) is 18.3 Å². The minimum absolute atomic E-state index is 0.368. The number of rotatable bonds is 5. The highest BCUT2D eigenvalue weighted by molar-refractivity contribution is 7.10. The topological polar surface area (TPSA) is 51.0 Å². The quantitative estimate of drug-likeness (QED) is 0.868. The molecule has 5 heteroatoms. The first-order valence-corrected chi connectivity index (χ1v) is 6.23. The highest BCUT2D eigenvalue weighted by Crippen LogP contribution is 2.21. The summed E-state index contributed by atoms with van der Waals surface area (Å²) < 4.78 is 5.31. The number of hydrogen-bond acceptors (Lipinski definition) is 5. The first kappa shape index (κ1) is 11.3. The Morgan fingerprint density at radius 3 is 2.94 bits per heavy atom. The summed E-state index contributed by atoms with van der Waals surface area (Å²) >= 11 is 1.77.